The van der Waals surface area contributed by atoms with Crippen LogP contribution in [0, 0.1) is 0 Å². The highest BCUT2D eigenvalue weighted by molar-refractivity contribution is 9.10. The lowest BCUT2D eigenvalue weighted by Gasteiger charge is -2.06. The second kappa shape index (κ2) is 6.20. The minimum absolute atomic E-state index is 0.136. The third kappa shape index (κ3) is 3.06. The second-order valence-electron chi connectivity index (χ2n) is 4.35. The van der Waals surface area contributed by atoms with E-state index in [1.165, 1.54) is 11.3 Å². The number of halogens is 2. The summed E-state index contributed by atoms with van der Waals surface area (Å²) < 4.78 is 6.42. The summed E-state index contributed by atoms with van der Waals surface area (Å²) in [7, 11) is 0. The van der Waals surface area contributed by atoms with Gasteiger partial charge < -0.3 is 9.72 Å². The van der Waals surface area contributed by atoms with Crippen LogP contribution in [0.25, 0.3) is 10.2 Å². The van der Waals surface area contributed by atoms with E-state index in [-0.39, 0.29) is 23.6 Å². The molecule has 2 heterocycles. The molecule has 0 atom stereocenters. The smallest absolute Gasteiger partial charge is 0.340 e. The summed E-state index contributed by atoms with van der Waals surface area (Å²) in [5, 5.41) is 2.08. The van der Waals surface area contributed by atoms with Crippen molar-refractivity contribution < 1.29 is 9.53 Å². The molecule has 3 rings (SSSR count). The maximum absolute atomic E-state index is 12.0. The predicted octanol–water partition coefficient (Wildman–Crippen LogP) is 3.76. The van der Waals surface area contributed by atoms with Gasteiger partial charge in [0.15, 0.2) is 0 Å². The van der Waals surface area contributed by atoms with Crippen molar-refractivity contribution in [1.29, 1.82) is 0 Å². The first-order chi connectivity index (χ1) is 10.5. The van der Waals surface area contributed by atoms with E-state index < -0.39 is 5.97 Å². The summed E-state index contributed by atoms with van der Waals surface area (Å²) in [5.41, 5.74) is 0.585. The largest absolute Gasteiger partial charge is 0.454 e. The number of hydrogen-bond acceptors (Lipinski definition) is 5. The van der Waals surface area contributed by atoms with E-state index in [1.807, 2.05) is 0 Å². The van der Waals surface area contributed by atoms with E-state index in [2.05, 4.69) is 25.9 Å². The number of thiophene rings is 1. The summed E-state index contributed by atoms with van der Waals surface area (Å²) in [6, 6.07) is 6.64. The Kier molecular flexibility index (Phi) is 4.28. The summed E-state index contributed by atoms with van der Waals surface area (Å²) in [6.07, 6.45) is 0. The van der Waals surface area contributed by atoms with Gasteiger partial charge in [0.1, 0.15) is 17.1 Å². The van der Waals surface area contributed by atoms with Crippen molar-refractivity contribution in [2.24, 2.45) is 0 Å². The SMILES string of the molecule is O=C(OCc1nc2ccsc2c(=O)[nH]1)c1cc(Br)ccc1Cl. The molecule has 2 aromatic heterocycles. The van der Waals surface area contributed by atoms with Crippen LogP contribution in [0.4, 0.5) is 0 Å². The summed E-state index contributed by atoms with van der Waals surface area (Å²) in [5.74, 6) is -0.297. The van der Waals surface area contributed by atoms with Gasteiger partial charge in [-0.2, -0.15) is 0 Å². The standard InChI is InChI=1S/C14H8BrClN2O3S/c15-7-1-2-9(16)8(5-7)14(20)21-6-11-17-10-3-4-22-12(10)13(19)18-11/h1-5H,6H2,(H,17,18,19). The lowest BCUT2D eigenvalue weighted by Crippen LogP contribution is -2.13. The number of carbonyl (C=O) groups excluding carboxylic acids is 1. The Balaban J connectivity index is 1.80. The van der Waals surface area contributed by atoms with Crippen LogP contribution in [0.5, 0.6) is 0 Å². The lowest BCUT2D eigenvalue weighted by atomic mass is 10.2. The zero-order valence-electron chi connectivity index (χ0n) is 10.9. The summed E-state index contributed by atoms with van der Waals surface area (Å²) in [6.45, 7) is -0.136. The second-order valence-corrected chi connectivity index (χ2v) is 6.59. The van der Waals surface area contributed by atoms with Crippen molar-refractivity contribution >= 4 is 55.1 Å². The molecule has 22 heavy (non-hydrogen) atoms. The highest BCUT2D eigenvalue weighted by atomic mass is 79.9. The first-order valence-corrected chi connectivity index (χ1v) is 8.18. The summed E-state index contributed by atoms with van der Waals surface area (Å²) in [4.78, 5) is 30.7. The molecular weight excluding hydrogens is 392 g/mol. The van der Waals surface area contributed by atoms with E-state index in [4.69, 9.17) is 16.3 Å². The van der Waals surface area contributed by atoms with Crippen LogP contribution < -0.4 is 5.56 Å². The maximum Gasteiger partial charge on any atom is 0.340 e. The molecule has 0 bridgehead atoms. The molecule has 0 aliphatic rings. The molecule has 8 heteroatoms. The molecule has 3 aromatic rings. The average molecular weight is 400 g/mol. The highest BCUT2D eigenvalue weighted by Crippen LogP contribution is 2.22. The van der Waals surface area contributed by atoms with Crippen molar-refractivity contribution in [3.8, 4) is 0 Å². The number of ether oxygens (including phenoxy) is 1. The topological polar surface area (TPSA) is 72.0 Å². The Bertz CT molecular complexity index is 922. The number of esters is 1. The van der Waals surface area contributed by atoms with Gasteiger partial charge >= 0.3 is 5.97 Å². The van der Waals surface area contributed by atoms with Gasteiger partial charge in [0.25, 0.3) is 5.56 Å². The van der Waals surface area contributed by atoms with Crippen molar-refractivity contribution in [2.75, 3.05) is 0 Å². The molecule has 0 amide bonds. The molecule has 0 aliphatic heterocycles. The van der Waals surface area contributed by atoms with Crippen LogP contribution >= 0.6 is 38.9 Å². The van der Waals surface area contributed by atoms with Gasteiger partial charge in [-0.25, -0.2) is 9.78 Å². The number of aromatic nitrogens is 2. The first-order valence-electron chi connectivity index (χ1n) is 6.13. The quantitative estimate of drug-likeness (QED) is 0.681. The molecule has 1 N–H and O–H groups in total. The summed E-state index contributed by atoms with van der Waals surface area (Å²) >= 11 is 10.5. The zero-order chi connectivity index (χ0) is 15.7. The van der Waals surface area contributed by atoms with Gasteiger partial charge in [-0.05, 0) is 29.6 Å². The number of nitrogens with zero attached hydrogens (tertiary/aromatic N) is 1. The Morgan fingerprint density at radius 1 is 1.41 bits per heavy atom. The predicted molar refractivity (Wildman–Crippen MR) is 88.5 cm³/mol. The minimum atomic E-state index is -0.584. The van der Waals surface area contributed by atoms with Gasteiger partial charge in [-0.15, -0.1) is 11.3 Å². The average Bonchev–Trinajstić information content (AvgIpc) is 2.96. The first kappa shape index (κ1) is 15.2. The molecule has 0 saturated heterocycles. The maximum atomic E-state index is 12.0. The van der Waals surface area contributed by atoms with Crippen LogP contribution in [-0.4, -0.2) is 15.9 Å². The van der Waals surface area contributed by atoms with Crippen LogP contribution in [0.15, 0.2) is 38.9 Å². The highest BCUT2D eigenvalue weighted by Gasteiger charge is 2.14. The van der Waals surface area contributed by atoms with Crippen LogP contribution in [0.2, 0.25) is 5.02 Å². The number of H-pyrrole nitrogens is 1. The third-order valence-corrected chi connectivity index (χ3v) is 4.58. The van der Waals surface area contributed by atoms with E-state index in [0.29, 0.717) is 15.2 Å². The number of hydrogen-bond donors (Lipinski definition) is 1. The lowest BCUT2D eigenvalue weighted by molar-refractivity contribution is 0.0462. The van der Waals surface area contributed by atoms with E-state index in [9.17, 15) is 9.59 Å². The van der Waals surface area contributed by atoms with Crippen molar-refractivity contribution in [1.82, 2.24) is 9.97 Å². The van der Waals surface area contributed by atoms with Crippen LogP contribution in [-0.2, 0) is 11.3 Å². The molecular formula is C14H8BrClN2O3S. The Morgan fingerprint density at radius 2 is 2.23 bits per heavy atom. The zero-order valence-corrected chi connectivity index (χ0v) is 14.1. The van der Waals surface area contributed by atoms with Crippen molar-refractivity contribution in [2.45, 2.75) is 6.61 Å². The van der Waals surface area contributed by atoms with Crippen LogP contribution in [0.1, 0.15) is 16.2 Å². The van der Waals surface area contributed by atoms with E-state index >= 15 is 0 Å². The molecule has 0 saturated carbocycles. The minimum Gasteiger partial charge on any atom is -0.454 e. The fraction of sp³-hybridized carbons (Fsp3) is 0.0714. The number of aromatic amines is 1. The fourth-order valence-corrected chi connectivity index (χ4v) is 3.14. The molecule has 0 fully saturated rings. The monoisotopic (exact) mass is 398 g/mol. The third-order valence-electron chi connectivity index (χ3n) is 2.85. The normalized spacial score (nSPS) is 10.8. The van der Waals surface area contributed by atoms with Crippen molar-refractivity contribution in [3.63, 3.8) is 0 Å². The number of rotatable bonds is 3. The fourth-order valence-electron chi connectivity index (χ4n) is 1.86. The number of benzene rings is 1. The Labute approximate surface area is 142 Å². The molecule has 0 radical (unpaired) electrons. The molecule has 0 aliphatic carbocycles. The number of fused-ring (bicyclic) bond motifs is 1. The Morgan fingerprint density at radius 3 is 3.05 bits per heavy atom. The van der Waals surface area contributed by atoms with Gasteiger partial charge in [0.2, 0.25) is 0 Å². The van der Waals surface area contributed by atoms with E-state index in [0.717, 1.165) is 4.47 Å². The van der Waals surface area contributed by atoms with Crippen molar-refractivity contribution in [3.05, 3.63) is 60.9 Å². The van der Waals surface area contributed by atoms with Gasteiger partial charge in [0.05, 0.1) is 16.1 Å². The van der Waals surface area contributed by atoms with Gasteiger partial charge in [0, 0.05) is 4.47 Å². The van der Waals surface area contributed by atoms with Crippen LogP contribution in [0.3, 0.4) is 0 Å². The molecule has 0 unspecified atom stereocenters. The van der Waals surface area contributed by atoms with E-state index in [1.54, 1.807) is 29.6 Å². The van der Waals surface area contributed by atoms with Gasteiger partial charge in [-0.3, -0.25) is 4.79 Å². The molecule has 1 aromatic carbocycles. The molecule has 112 valence electrons. The number of nitrogens with one attached hydrogen (secondary N) is 1. The van der Waals surface area contributed by atoms with Gasteiger partial charge in [-0.1, -0.05) is 27.5 Å². The Hall–Kier alpha value is -1.70. The molecule has 0 spiro atoms. The molecule has 5 nitrogen and oxygen atoms in total. The number of carbonyl (C=O) groups is 1.